The number of nitrogens with zero attached hydrogens (tertiary/aromatic N) is 4. The number of pyridine rings is 1. The Kier molecular flexibility index (Phi) is 4.68. The van der Waals surface area contributed by atoms with E-state index in [9.17, 15) is 9.18 Å². The van der Waals surface area contributed by atoms with E-state index in [-0.39, 0.29) is 17.8 Å². The maximum atomic E-state index is 13.5. The molecule has 1 saturated heterocycles. The summed E-state index contributed by atoms with van der Waals surface area (Å²) < 4.78 is 18.6. The number of rotatable bonds is 4. The maximum absolute atomic E-state index is 13.5. The van der Waals surface area contributed by atoms with E-state index < -0.39 is 0 Å². The van der Waals surface area contributed by atoms with Gasteiger partial charge in [-0.05, 0) is 62.9 Å². The van der Waals surface area contributed by atoms with Crippen LogP contribution in [0.1, 0.15) is 53.3 Å². The molecule has 30 heavy (non-hydrogen) atoms. The van der Waals surface area contributed by atoms with Gasteiger partial charge in [0.25, 0.3) is 11.6 Å². The summed E-state index contributed by atoms with van der Waals surface area (Å²) in [6.07, 6.45) is 3.95. The summed E-state index contributed by atoms with van der Waals surface area (Å²) in [5.41, 5.74) is 3.75. The lowest BCUT2D eigenvalue weighted by molar-refractivity contribution is 0.0711. The third-order valence-electron chi connectivity index (χ3n) is 6.39. The Labute approximate surface area is 174 Å². The van der Waals surface area contributed by atoms with E-state index in [0.717, 1.165) is 55.5 Å². The predicted molar refractivity (Wildman–Crippen MR) is 112 cm³/mol. The van der Waals surface area contributed by atoms with Crippen molar-refractivity contribution in [3.8, 4) is 0 Å². The van der Waals surface area contributed by atoms with E-state index in [0.29, 0.717) is 22.9 Å². The highest BCUT2D eigenvalue weighted by Gasteiger charge is 2.31. The van der Waals surface area contributed by atoms with Gasteiger partial charge in [-0.15, -0.1) is 0 Å². The van der Waals surface area contributed by atoms with Crippen molar-refractivity contribution in [3.63, 3.8) is 0 Å². The molecule has 0 N–H and O–H groups in total. The van der Waals surface area contributed by atoms with Crippen molar-refractivity contribution >= 4 is 22.7 Å². The van der Waals surface area contributed by atoms with E-state index >= 15 is 0 Å². The van der Waals surface area contributed by atoms with Gasteiger partial charge in [-0.25, -0.2) is 9.37 Å². The highest BCUT2D eigenvalue weighted by atomic mass is 19.1. The molecule has 0 atom stereocenters. The van der Waals surface area contributed by atoms with Crippen LogP contribution in [0.4, 0.5) is 10.1 Å². The second-order valence-electron chi connectivity index (χ2n) is 8.43. The summed E-state index contributed by atoms with van der Waals surface area (Å²) in [5, 5.41) is 4.76. The lowest BCUT2D eigenvalue weighted by Gasteiger charge is -2.38. The van der Waals surface area contributed by atoms with Crippen LogP contribution in [0.3, 0.4) is 0 Å². The van der Waals surface area contributed by atoms with Crippen LogP contribution < -0.4 is 4.90 Å². The van der Waals surface area contributed by atoms with Gasteiger partial charge >= 0.3 is 0 Å². The van der Waals surface area contributed by atoms with Gasteiger partial charge in [0.2, 0.25) is 0 Å². The molecule has 2 fully saturated rings. The number of anilines is 1. The Morgan fingerprint density at radius 2 is 1.87 bits per heavy atom. The minimum absolute atomic E-state index is 0.00386. The molecule has 6 nitrogen and oxygen atoms in total. The van der Waals surface area contributed by atoms with Gasteiger partial charge < -0.3 is 14.3 Å². The molecule has 0 unspecified atom stereocenters. The van der Waals surface area contributed by atoms with E-state index in [1.54, 1.807) is 0 Å². The van der Waals surface area contributed by atoms with E-state index in [2.05, 4.69) is 15.0 Å². The third-order valence-corrected chi connectivity index (χ3v) is 6.39. The normalized spacial score (nSPS) is 17.5. The number of carbonyl (C=O) groups excluding carboxylic acids is 1. The van der Waals surface area contributed by atoms with Crippen LogP contribution in [0.5, 0.6) is 0 Å². The van der Waals surface area contributed by atoms with Crippen molar-refractivity contribution in [2.24, 2.45) is 0 Å². The minimum atomic E-state index is -0.225. The van der Waals surface area contributed by atoms with Gasteiger partial charge in [0.1, 0.15) is 5.82 Å². The molecule has 7 heteroatoms. The summed E-state index contributed by atoms with van der Waals surface area (Å²) in [5.74, 6) is 0.198. The van der Waals surface area contributed by atoms with Gasteiger partial charge in [-0.1, -0.05) is 5.16 Å². The van der Waals surface area contributed by atoms with Crippen LogP contribution >= 0.6 is 0 Å². The average Bonchev–Trinajstić information content (AvgIpc) is 3.56. The maximum Gasteiger partial charge on any atom is 0.259 e. The standard InChI is InChI=1S/C23H25FN4O2/c1-14-21-19(13-20(15-3-4-15)25-22(21)30-26-14)23(29)27(2)17-9-11-28(12-10-17)18-7-5-16(24)6-8-18/h5-8,13,15,17H,3-4,9-12H2,1-2H3. The minimum Gasteiger partial charge on any atom is -0.371 e. The molecule has 1 amide bonds. The number of benzene rings is 1. The number of halogens is 1. The zero-order chi connectivity index (χ0) is 20.8. The van der Waals surface area contributed by atoms with E-state index in [4.69, 9.17) is 4.52 Å². The lowest BCUT2D eigenvalue weighted by Crippen LogP contribution is -2.45. The molecule has 0 bridgehead atoms. The van der Waals surface area contributed by atoms with Gasteiger partial charge in [0.05, 0.1) is 16.6 Å². The topological polar surface area (TPSA) is 62.5 Å². The Bertz CT molecular complexity index is 1080. The summed E-state index contributed by atoms with van der Waals surface area (Å²) in [6.45, 7) is 3.51. The first-order valence-electron chi connectivity index (χ1n) is 10.6. The largest absolute Gasteiger partial charge is 0.371 e. The molecule has 5 rings (SSSR count). The third kappa shape index (κ3) is 3.42. The second kappa shape index (κ2) is 7.38. The summed E-state index contributed by atoms with van der Waals surface area (Å²) in [6, 6.07) is 8.70. The molecule has 0 radical (unpaired) electrons. The summed E-state index contributed by atoms with van der Waals surface area (Å²) in [4.78, 5) is 22.2. The van der Waals surface area contributed by atoms with Crippen molar-refractivity contribution < 1.29 is 13.7 Å². The van der Waals surface area contributed by atoms with Gasteiger partial charge in [0, 0.05) is 43.5 Å². The number of fused-ring (bicyclic) bond motifs is 1. The SMILES string of the molecule is Cc1noc2nc(C3CC3)cc(C(=O)N(C)C3CCN(c4ccc(F)cc4)CC3)c12. The molecule has 1 aromatic carbocycles. The van der Waals surface area contributed by atoms with Crippen LogP contribution in [-0.2, 0) is 0 Å². The monoisotopic (exact) mass is 408 g/mol. The molecule has 156 valence electrons. The molecule has 1 saturated carbocycles. The molecular formula is C23H25FN4O2. The molecule has 2 aromatic heterocycles. The van der Waals surface area contributed by atoms with Crippen molar-refractivity contribution in [1.82, 2.24) is 15.0 Å². The second-order valence-corrected chi connectivity index (χ2v) is 8.43. The van der Waals surface area contributed by atoms with Crippen LogP contribution in [0, 0.1) is 12.7 Å². The molecule has 1 aliphatic carbocycles. The van der Waals surface area contributed by atoms with Gasteiger partial charge in [-0.3, -0.25) is 4.79 Å². The summed E-state index contributed by atoms with van der Waals surface area (Å²) in [7, 11) is 1.88. The molecule has 1 aliphatic heterocycles. The molecule has 3 heterocycles. The first-order chi connectivity index (χ1) is 14.5. The molecule has 2 aliphatic rings. The number of amides is 1. The Hall–Kier alpha value is -2.96. The Morgan fingerprint density at radius 1 is 1.17 bits per heavy atom. The van der Waals surface area contributed by atoms with Crippen LogP contribution in [0.25, 0.3) is 11.1 Å². The van der Waals surface area contributed by atoms with Crippen LogP contribution in [0.2, 0.25) is 0 Å². The van der Waals surface area contributed by atoms with E-state index in [1.807, 2.05) is 37.1 Å². The first kappa shape index (κ1) is 19.0. The number of piperidine rings is 1. The highest BCUT2D eigenvalue weighted by molar-refractivity contribution is 6.06. The van der Waals surface area contributed by atoms with Gasteiger partial charge in [0.15, 0.2) is 0 Å². The number of hydrogen-bond donors (Lipinski definition) is 0. The smallest absolute Gasteiger partial charge is 0.259 e. The van der Waals surface area contributed by atoms with Crippen molar-refractivity contribution in [2.45, 2.75) is 44.6 Å². The summed E-state index contributed by atoms with van der Waals surface area (Å²) >= 11 is 0. The van der Waals surface area contributed by atoms with Crippen molar-refractivity contribution in [1.29, 1.82) is 0 Å². The van der Waals surface area contributed by atoms with Crippen LogP contribution in [0.15, 0.2) is 34.9 Å². The van der Waals surface area contributed by atoms with E-state index in [1.165, 1.54) is 12.1 Å². The van der Waals surface area contributed by atoms with Crippen LogP contribution in [-0.4, -0.2) is 47.1 Å². The lowest BCUT2D eigenvalue weighted by atomic mass is 10.0. The predicted octanol–water partition coefficient (Wildman–Crippen LogP) is 4.29. The Balaban J connectivity index is 1.34. The van der Waals surface area contributed by atoms with Gasteiger partial charge in [-0.2, -0.15) is 0 Å². The fourth-order valence-corrected chi connectivity index (χ4v) is 4.39. The molecule has 0 spiro atoms. The zero-order valence-corrected chi connectivity index (χ0v) is 17.3. The fourth-order valence-electron chi connectivity index (χ4n) is 4.39. The number of aromatic nitrogens is 2. The van der Waals surface area contributed by atoms with Crippen molar-refractivity contribution in [3.05, 3.63) is 53.1 Å². The molecule has 3 aromatic rings. The highest BCUT2D eigenvalue weighted by Crippen LogP contribution is 2.40. The molecular weight excluding hydrogens is 383 g/mol. The number of carbonyl (C=O) groups is 1. The fraction of sp³-hybridized carbons (Fsp3) is 0.435. The zero-order valence-electron chi connectivity index (χ0n) is 17.3. The van der Waals surface area contributed by atoms with Crippen molar-refractivity contribution in [2.75, 3.05) is 25.0 Å². The number of hydrogen-bond acceptors (Lipinski definition) is 5. The number of aryl methyl sites for hydroxylation is 1. The Morgan fingerprint density at radius 3 is 2.53 bits per heavy atom. The quantitative estimate of drug-likeness (QED) is 0.645. The average molecular weight is 408 g/mol. The first-order valence-corrected chi connectivity index (χ1v) is 10.6.